The molecule has 3 rings (SSSR count). The summed E-state index contributed by atoms with van der Waals surface area (Å²) < 4.78 is 1.34. The summed E-state index contributed by atoms with van der Waals surface area (Å²) >= 11 is 1.85. The zero-order valence-corrected chi connectivity index (χ0v) is 13.5. The van der Waals surface area contributed by atoms with E-state index in [0.29, 0.717) is 0 Å². The van der Waals surface area contributed by atoms with E-state index in [9.17, 15) is 0 Å². The van der Waals surface area contributed by atoms with Crippen molar-refractivity contribution in [2.75, 3.05) is 13.1 Å². The number of hydrogen-bond donors (Lipinski definition) is 1. The fourth-order valence-corrected chi connectivity index (χ4v) is 3.94. The molecular weight excluding hydrogens is 264 g/mol. The first kappa shape index (κ1) is 14.0. The largest absolute Gasteiger partial charge is 0.316 e. The molecule has 0 spiro atoms. The van der Waals surface area contributed by atoms with Crippen LogP contribution in [-0.4, -0.2) is 18.1 Å². The Morgan fingerprint density at radius 2 is 2.20 bits per heavy atom. The Labute approximate surface area is 125 Å². The molecule has 2 heterocycles. The van der Waals surface area contributed by atoms with Crippen LogP contribution in [0.15, 0.2) is 18.2 Å². The van der Waals surface area contributed by atoms with Crippen LogP contribution in [0.25, 0.3) is 10.2 Å². The summed E-state index contributed by atoms with van der Waals surface area (Å²) in [5.74, 6) is 0.802. The van der Waals surface area contributed by atoms with Gasteiger partial charge in [0.05, 0.1) is 15.2 Å². The highest BCUT2D eigenvalue weighted by molar-refractivity contribution is 7.18. The van der Waals surface area contributed by atoms with Crippen molar-refractivity contribution >= 4 is 21.6 Å². The summed E-state index contributed by atoms with van der Waals surface area (Å²) in [7, 11) is 0. The Balaban J connectivity index is 1.82. The van der Waals surface area contributed by atoms with Gasteiger partial charge in [0, 0.05) is 5.41 Å². The van der Waals surface area contributed by atoms with E-state index in [-0.39, 0.29) is 5.41 Å². The average molecular weight is 288 g/mol. The summed E-state index contributed by atoms with van der Waals surface area (Å²) in [6.45, 7) is 9.07. The number of nitrogens with zero attached hydrogens (tertiary/aromatic N) is 1. The number of nitrogens with one attached hydrogen (secondary N) is 1. The molecule has 0 bridgehead atoms. The average Bonchev–Trinajstić information content (AvgIpc) is 2.83. The second kappa shape index (κ2) is 5.45. The highest BCUT2D eigenvalue weighted by Gasteiger charge is 2.19. The lowest BCUT2D eigenvalue weighted by Crippen LogP contribution is -2.30. The van der Waals surface area contributed by atoms with E-state index in [1.165, 1.54) is 47.6 Å². The molecule has 1 unspecified atom stereocenters. The maximum Gasteiger partial charge on any atom is 0.0992 e. The van der Waals surface area contributed by atoms with Crippen molar-refractivity contribution in [3.8, 4) is 0 Å². The first-order chi connectivity index (χ1) is 9.52. The molecule has 2 nitrogen and oxygen atoms in total. The quantitative estimate of drug-likeness (QED) is 0.898. The maximum atomic E-state index is 4.78. The number of benzene rings is 1. The van der Waals surface area contributed by atoms with Crippen LogP contribution in [0.3, 0.4) is 0 Å². The van der Waals surface area contributed by atoms with Gasteiger partial charge >= 0.3 is 0 Å². The summed E-state index contributed by atoms with van der Waals surface area (Å²) in [6, 6.07) is 6.83. The fourth-order valence-electron chi connectivity index (χ4n) is 2.85. The molecule has 1 fully saturated rings. The minimum absolute atomic E-state index is 0.150. The van der Waals surface area contributed by atoms with Crippen molar-refractivity contribution in [2.45, 2.75) is 45.4 Å². The molecule has 1 aromatic heterocycles. The predicted molar refractivity (Wildman–Crippen MR) is 87.6 cm³/mol. The molecule has 108 valence electrons. The van der Waals surface area contributed by atoms with Gasteiger partial charge in [-0.25, -0.2) is 4.98 Å². The zero-order valence-electron chi connectivity index (χ0n) is 12.7. The number of piperidine rings is 1. The molecule has 0 aliphatic carbocycles. The third-order valence-electron chi connectivity index (χ3n) is 4.02. The molecular formula is C17H24N2S. The highest BCUT2D eigenvalue weighted by Crippen LogP contribution is 2.32. The van der Waals surface area contributed by atoms with Crippen LogP contribution < -0.4 is 5.32 Å². The van der Waals surface area contributed by atoms with E-state index in [2.05, 4.69) is 44.3 Å². The number of thiazole rings is 1. The van der Waals surface area contributed by atoms with Crippen molar-refractivity contribution in [2.24, 2.45) is 5.92 Å². The fraction of sp³-hybridized carbons (Fsp3) is 0.588. The third kappa shape index (κ3) is 3.04. The standard InChI is InChI=1S/C17H24N2S/c1-17(2,3)16-19-14-7-6-12(10-15(14)20-16)9-13-5-4-8-18-11-13/h6-7,10,13,18H,4-5,8-9,11H2,1-3H3. The lowest BCUT2D eigenvalue weighted by atomic mass is 9.92. The molecule has 2 aromatic rings. The lowest BCUT2D eigenvalue weighted by molar-refractivity contribution is 0.376. The molecule has 1 atom stereocenters. The molecule has 1 aliphatic heterocycles. The number of fused-ring (bicyclic) bond motifs is 1. The molecule has 3 heteroatoms. The maximum absolute atomic E-state index is 4.78. The van der Waals surface area contributed by atoms with E-state index < -0.39 is 0 Å². The van der Waals surface area contributed by atoms with E-state index in [0.717, 1.165) is 11.4 Å². The SMILES string of the molecule is CC(C)(C)c1nc2ccc(CC3CCCNC3)cc2s1. The van der Waals surface area contributed by atoms with Crippen LogP contribution in [0.4, 0.5) is 0 Å². The summed E-state index contributed by atoms with van der Waals surface area (Å²) in [6.07, 6.45) is 3.88. The number of aromatic nitrogens is 1. The molecule has 1 saturated heterocycles. The first-order valence-corrected chi connectivity index (χ1v) is 8.45. The minimum Gasteiger partial charge on any atom is -0.316 e. The molecule has 1 N–H and O–H groups in total. The zero-order chi connectivity index (χ0) is 14.2. The van der Waals surface area contributed by atoms with E-state index in [1.54, 1.807) is 0 Å². The molecule has 1 aromatic carbocycles. The van der Waals surface area contributed by atoms with E-state index in [1.807, 2.05) is 11.3 Å². The third-order valence-corrected chi connectivity index (χ3v) is 5.46. The number of hydrogen-bond acceptors (Lipinski definition) is 3. The Morgan fingerprint density at radius 1 is 1.35 bits per heavy atom. The van der Waals surface area contributed by atoms with Crippen molar-refractivity contribution in [3.05, 3.63) is 28.8 Å². The Kier molecular flexibility index (Phi) is 3.83. The molecule has 0 amide bonds. The Morgan fingerprint density at radius 3 is 2.90 bits per heavy atom. The highest BCUT2D eigenvalue weighted by atomic mass is 32.1. The van der Waals surface area contributed by atoms with Crippen LogP contribution >= 0.6 is 11.3 Å². The number of rotatable bonds is 2. The molecule has 20 heavy (non-hydrogen) atoms. The minimum atomic E-state index is 0.150. The molecule has 1 aliphatic rings. The van der Waals surface area contributed by atoms with E-state index >= 15 is 0 Å². The van der Waals surface area contributed by atoms with Crippen LogP contribution in [-0.2, 0) is 11.8 Å². The van der Waals surface area contributed by atoms with Gasteiger partial charge in [0.2, 0.25) is 0 Å². The van der Waals surface area contributed by atoms with Gasteiger partial charge in [0.15, 0.2) is 0 Å². The first-order valence-electron chi connectivity index (χ1n) is 7.63. The second-order valence-corrected chi connectivity index (χ2v) is 8.02. The van der Waals surface area contributed by atoms with Gasteiger partial charge in [0.25, 0.3) is 0 Å². The lowest BCUT2D eigenvalue weighted by Gasteiger charge is -2.22. The Hall–Kier alpha value is -0.930. The van der Waals surface area contributed by atoms with Crippen LogP contribution in [0.2, 0.25) is 0 Å². The van der Waals surface area contributed by atoms with Crippen molar-refractivity contribution in [1.29, 1.82) is 0 Å². The predicted octanol–water partition coefficient (Wildman–Crippen LogP) is 4.14. The van der Waals surface area contributed by atoms with Gasteiger partial charge in [-0.1, -0.05) is 26.8 Å². The van der Waals surface area contributed by atoms with Crippen molar-refractivity contribution < 1.29 is 0 Å². The van der Waals surface area contributed by atoms with Gasteiger partial charge in [0.1, 0.15) is 0 Å². The van der Waals surface area contributed by atoms with Gasteiger partial charge in [-0.3, -0.25) is 0 Å². The van der Waals surface area contributed by atoms with Crippen molar-refractivity contribution in [1.82, 2.24) is 10.3 Å². The summed E-state index contributed by atoms with van der Waals surface area (Å²) in [5.41, 5.74) is 2.78. The van der Waals surface area contributed by atoms with Gasteiger partial charge < -0.3 is 5.32 Å². The van der Waals surface area contributed by atoms with Crippen LogP contribution in [0.1, 0.15) is 44.2 Å². The van der Waals surface area contributed by atoms with Crippen LogP contribution in [0, 0.1) is 5.92 Å². The van der Waals surface area contributed by atoms with E-state index in [4.69, 9.17) is 4.98 Å². The van der Waals surface area contributed by atoms with Gasteiger partial charge in [-0.05, 0) is 56.0 Å². The smallest absolute Gasteiger partial charge is 0.0992 e. The summed E-state index contributed by atoms with van der Waals surface area (Å²) in [5, 5.41) is 4.75. The van der Waals surface area contributed by atoms with Crippen LogP contribution in [0.5, 0.6) is 0 Å². The monoisotopic (exact) mass is 288 g/mol. The van der Waals surface area contributed by atoms with Crippen molar-refractivity contribution in [3.63, 3.8) is 0 Å². The molecule has 0 saturated carbocycles. The topological polar surface area (TPSA) is 24.9 Å². The Bertz CT molecular complexity index is 589. The molecule has 0 radical (unpaired) electrons. The summed E-state index contributed by atoms with van der Waals surface area (Å²) in [4.78, 5) is 4.78. The van der Waals surface area contributed by atoms with Gasteiger partial charge in [-0.2, -0.15) is 0 Å². The second-order valence-electron chi connectivity index (χ2n) is 6.99. The normalized spacial score (nSPS) is 20.4. The van der Waals surface area contributed by atoms with Gasteiger partial charge in [-0.15, -0.1) is 11.3 Å².